The molecule has 2 amide bonds. The van der Waals surface area contributed by atoms with Gasteiger partial charge in [0, 0.05) is 17.3 Å². The van der Waals surface area contributed by atoms with Gasteiger partial charge in [0.2, 0.25) is 0 Å². The summed E-state index contributed by atoms with van der Waals surface area (Å²) in [6.45, 7) is 7.93. The number of aryl methyl sites for hydroxylation is 2. The predicted octanol–water partition coefficient (Wildman–Crippen LogP) is 3.85. The van der Waals surface area contributed by atoms with Gasteiger partial charge in [0.05, 0.1) is 0 Å². The van der Waals surface area contributed by atoms with Gasteiger partial charge >= 0.3 is 0 Å². The average molecular weight is 354 g/mol. The third-order valence-corrected chi connectivity index (χ3v) is 4.27. The van der Waals surface area contributed by atoms with Crippen LogP contribution < -0.4 is 15.4 Å². The number of amides is 2. The summed E-state index contributed by atoms with van der Waals surface area (Å²) in [6, 6.07) is 12.7. The first kappa shape index (κ1) is 19.5. The molecule has 0 heterocycles. The van der Waals surface area contributed by atoms with Crippen molar-refractivity contribution >= 4 is 17.5 Å². The highest BCUT2D eigenvalue weighted by molar-refractivity contribution is 5.96. The molecular formula is C21H26N2O3. The molecule has 2 aromatic carbocycles. The molecule has 1 unspecified atom stereocenters. The van der Waals surface area contributed by atoms with Gasteiger partial charge in [0.1, 0.15) is 5.75 Å². The lowest BCUT2D eigenvalue weighted by Crippen LogP contribution is -2.31. The number of ether oxygens (including phenoxy) is 1. The van der Waals surface area contributed by atoms with Crippen LogP contribution in [0.2, 0.25) is 0 Å². The first-order chi connectivity index (χ1) is 12.4. The van der Waals surface area contributed by atoms with E-state index in [1.54, 1.807) is 24.3 Å². The van der Waals surface area contributed by atoms with Crippen LogP contribution in [-0.4, -0.2) is 24.5 Å². The van der Waals surface area contributed by atoms with E-state index in [2.05, 4.69) is 10.6 Å². The van der Waals surface area contributed by atoms with E-state index >= 15 is 0 Å². The first-order valence-corrected chi connectivity index (χ1v) is 8.80. The highest BCUT2D eigenvalue weighted by Gasteiger charge is 2.09. The van der Waals surface area contributed by atoms with Crippen LogP contribution in [0.15, 0.2) is 42.5 Å². The lowest BCUT2D eigenvalue weighted by molar-refractivity contribution is -0.118. The number of hydrogen-bond donors (Lipinski definition) is 2. The summed E-state index contributed by atoms with van der Waals surface area (Å²) in [5.74, 6) is 0.302. The van der Waals surface area contributed by atoms with Crippen molar-refractivity contribution in [2.75, 3.05) is 11.9 Å². The van der Waals surface area contributed by atoms with Crippen LogP contribution >= 0.6 is 0 Å². The fraction of sp³-hybridized carbons (Fsp3) is 0.333. The molecule has 0 saturated carbocycles. The van der Waals surface area contributed by atoms with Gasteiger partial charge < -0.3 is 15.4 Å². The van der Waals surface area contributed by atoms with Gasteiger partial charge in [-0.15, -0.1) is 0 Å². The van der Waals surface area contributed by atoms with Gasteiger partial charge in [0.25, 0.3) is 11.8 Å². The second-order valence-corrected chi connectivity index (χ2v) is 6.44. The second kappa shape index (κ2) is 9.04. The van der Waals surface area contributed by atoms with Crippen LogP contribution in [-0.2, 0) is 4.79 Å². The zero-order valence-corrected chi connectivity index (χ0v) is 15.8. The van der Waals surface area contributed by atoms with Crippen molar-refractivity contribution in [3.05, 3.63) is 59.2 Å². The Morgan fingerprint density at radius 3 is 2.35 bits per heavy atom. The van der Waals surface area contributed by atoms with Crippen LogP contribution in [0.5, 0.6) is 5.75 Å². The quantitative estimate of drug-likeness (QED) is 0.794. The van der Waals surface area contributed by atoms with Crippen LogP contribution in [0.25, 0.3) is 0 Å². The second-order valence-electron chi connectivity index (χ2n) is 6.44. The number of anilines is 1. The van der Waals surface area contributed by atoms with Crippen molar-refractivity contribution in [2.24, 2.45) is 0 Å². The van der Waals surface area contributed by atoms with Crippen LogP contribution in [0, 0.1) is 13.8 Å². The predicted molar refractivity (Wildman–Crippen MR) is 104 cm³/mol. The third kappa shape index (κ3) is 5.62. The van der Waals surface area contributed by atoms with Crippen molar-refractivity contribution in [1.29, 1.82) is 0 Å². The summed E-state index contributed by atoms with van der Waals surface area (Å²) in [5.41, 5.74) is 3.49. The molecule has 138 valence electrons. The Balaban J connectivity index is 1.86. The Morgan fingerprint density at radius 1 is 1.04 bits per heavy atom. The summed E-state index contributed by atoms with van der Waals surface area (Å²) in [7, 11) is 0. The lowest BCUT2D eigenvalue weighted by Gasteiger charge is -2.12. The molecule has 0 aliphatic rings. The SMILES string of the molecule is CCC(C)NC(=O)c1ccc(NC(=O)COc2ccc(C)c(C)c2)cc1. The fourth-order valence-electron chi connectivity index (χ4n) is 2.26. The van der Waals surface area contributed by atoms with Crippen LogP contribution in [0.4, 0.5) is 5.69 Å². The molecule has 2 aromatic rings. The van der Waals surface area contributed by atoms with Gasteiger partial charge in [-0.05, 0) is 74.7 Å². The zero-order chi connectivity index (χ0) is 19.1. The minimum absolute atomic E-state index is 0.0707. The Morgan fingerprint density at radius 2 is 1.73 bits per heavy atom. The Labute approximate surface area is 154 Å². The van der Waals surface area contributed by atoms with Crippen molar-refractivity contribution in [3.63, 3.8) is 0 Å². The summed E-state index contributed by atoms with van der Waals surface area (Å²) in [4.78, 5) is 24.1. The number of nitrogens with one attached hydrogen (secondary N) is 2. The molecule has 0 radical (unpaired) electrons. The number of rotatable bonds is 7. The Bertz CT molecular complexity index is 769. The summed E-state index contributed by atoms with van der Waals surface area (Å²) in [5, 5.41) is 5.67. The highest BCUT2D eigenvalue weighted by atomic mass is 16.5. The molecule has 0 aliphatic carbocycles. The van der Waals surface area contributed by atoms with Crippen LogP contribution in [0.1, 0.15) is 41.8 Å². The zero-order valence-electron chi connectivity index (χ0n) is 15.8. The topological polar surface area (TPSA) is 67.4 Å². The van der Waals surface area contributed by atoms with Gasteiger partial charge in [0.15, 0.2) is 6.61 Å². The molecule has 0 saturated heterocycles. The monoisotopic (exact) mass is 354 g/mol. The maximum atomic E-state index is 12.0. The number of carbonyl (C=O) groups excluding carboxylic acids is 2. The molecular weight excluding hydrogens is 328 g/mol. The first-order valence-electron chi connectivity index (χ1n) is 8.80. The Hall–Kier alpha value is -2.82. The molecule has 0 spiro atoms. The molecule has 0 aliphatic heterocycles. The van der Waals surface area contributed by atoms with E-state index < -0.39 is 0 Å². The van der Waals surface area contributed by atoms with Gasteiger partial charge in [-0.1, -0.05) is 13.0 Å². The largest absolute Gasteiger partial charge is 0.484 e. The minimum atomic E-state index is -0.250. The summed E-state index contributed by atoms with van der Waals surface area (Å²) < 4.78 is 5.52. The molecule has 0 bridgehead atoms. The summed E-state index contributed by atoms with van der Waals surface area (Å²) >= 11 is 0. The third-order valence-electron chi connectivity index (χ3n) is 4.27. The van der Waals surface area contributed by atoms with Gasteiger partial charge in [-0.3, -0.25) is 9.59 Å². The highest BCUT2D eigenvalue weighted by Crippen LogP contribution is 2.16. The van der Waals surface area contributed by atoms with E-state index in [4.69, 9.17) is 4.74 Å². The molecule has 5 heteroatoms. The van der Waals surface area contributed by atoms with E-state index in [0.29, 0.717) is 17.0 Å². The van der Waals surface area contributed by atoms with Crippen LogP contribution in [0.3, 0.4) is 0 Å². The molecule has 5 nitrogen and oxygen atoms in total. The maximum absolute atomic E-state index is 12.0. The fourth-order valence-corrected chi connectivity index (χ4v) is 2.26. The molecule has 2 N–H and O–H groups in total. The van der Waals surface area contributed by atoms with Crippen molar-refractivity contribution in [1.82, 2.24) is 5.32 Å². The van der Waals surface area contributed by atoms with Crippen molar-refractivity contribution < 1.29 is 14.3 Å². The number of carbonyl (C=O) groups is 2. The van der Waals surface area contributed by atoms with E-state index in [1.165, 1.54) is 5.56 Å². The molecule has 0 aromatic heterocycles. The standard InChI is InChI=1S/C21H26N2O3/c1-5-16(4)22-21(25)17-7-9-18(10-8-17)23-20(24)13-26-19-11-6-14(2)15(3)12-19/h6-12,16H,5,13H2,1-4H3,(H,22,25)(H,23,24). The molecule has 0 fully saturated rings. The lowest BCUT2D eigenvalue weighted by atomic mass is 10.1. The number of benzene rings is 2. The van der Waals surface area contributed by atoms with Crippen molar-refractivity contribution in [2.45, 2.75) is 40.2 Å². The number of hydrogen-bond acceptors (Lipinski definition) is 3. The van der Waals surface area contributed by atoms with E-state index in [0.717, 1.165) is 12.0 Å². The van der Waals surface area contributed by atoms with E-state index in [9.17, 15) is 9.59 Å². The molecule has 2 rings (SSSR count). The minimum Gasteiger partial charge on any atom is -0.484 e. The Kier molecular flexibility index (Phi) is 6.78. The normalized spacial score (nSPS) is 11.5. The maximum Gasteiger partial charge on any atom is 0.262 e. The molecule has 1 atom stereocenters. The van der Waals surface area contributed by atoms with Crippen molar-refractivity contribution in [3.8, 4) is 5.75 Å². The average Bonchev–Trinajstić information content (AvgIpc) is 2.63. The van der Waals surface area contributed by atoms with E-state index in [1.807, 2.05) is 45.9 Å². The van der Waals surface area contributed by atoms with Gasteiger partial charge in [-0.25, -0.2) is 0 Å². The summed E-state index contributed by atoms with van der Waals surface area (Å²) in [6.07, 6.45) is 0.875. The van der Waals surface area contributed by atoms with E-state index in [-0.39, 0.29) is 24.5 Å². The molecule has 26 heavy (non-hydrogen) atoms. The van der Waals surface area contributed by atoms with Gasteiger partial charge in [-0.2, -0.15) is 0 Å². The smallest absolute Gasteiger partial charge is 0.262 e.